The van der Waals surface area contributed by atoms with Crippen LogP contribution in [0.5, 0.6) is 5.75 Å². The van der Waals surface area contributed by atoms with E-state index in [2.05, 4.69) is 5.32 Å². The number of carboxylic acids is 1. The maximum Gasteiger partial charge on any atom is 0.329 e. The molecule has 6 heteroatoms. The molecular formula is C15H19NO5. The molecule has 2 rings (SSSR count). The van der Waals surface area contributed by atoms with Crippen LogP contribution in [0.15, 0.2) is 12.1 Å². The Balaban J connectivity index is 2.49. The second-order valence-electron chi connectivity index (χ2n) is 5.07. The molecular weight excluding hydrogens is 274 g/mol. The number of methoxy groups -OCH3 is 1. The van der Waals surface area contributed by atoms with Crippen LogP contribution in [0.3, 0.4) is 0 Å². The third-order valence-corrected chi connectivity index (χ3v) is 3.88. The van der Waals surface area contributed by atoms with Crippen molar-refractivity contribution in [3.63, 3.8) is 0 Å². The highest BCUT2D eigenvalue weighted by molar-refractivity contribution is 5.77. The number of amides is 1. The fraction of sp³-hybridized carbons (Fsp3) is 0.467. The van der Waals surface area contributed by atoms with Crippen molar-refractivity contribution in [3.05, 3.63) is 28.8 Å². The number of rotatable bonds is 6. The van der Waals surface area contributed by atoms with Gasteiger partial charge in [-0.1, -0.05) is 6.07 Å². The van der Waals surface area contributed by atoms with Gasteiger partial charge in [-0.3, -0.25) is 4.79 Å². The zero-order chi connectivity index (χ0) is 15.4. The average molecular weight is 293 g/mol. The number of aryl methyl sites for hydroxylation is 1. The number of nitrogens with one attached hydrogen (secondary N) is 1. The number of benzene rings is 1. The van der Waals surface area contributed by atoms with Crippen LogP contribution in [0.4, 0.5) is 0 Å². The molecule has 114 valence electrons. The molecule has 1 aliphatic rings. The number of ether oxygens (including phenoxy) is 1. The Morgan fingerprint density at radius 3 is 2.71 bits per heavy atom. The Labute approximate surface area is 122 Å². The Bertz CT molecular complexity index is 543. The molecule has 0 fully saturated rings. The maximum absolute atomic E-state index is 11.2. The zero-order valence-corrected chi connectivity index (χ0v) is 11.8. The van der Waals surface area contributed by atoms with Crippen LogP contribution in [0, 0.1) is 0 Å². The van der Waals surface area contributed by atoms with Gasteiger partial charge in [0.15, 0.2) is 6.04 Å². The van der Waals surface area contributed by atoms with E-state index >= 15 is 0 Å². The van der Waals surface area contributed by atoms with Gasteiger partial charge in [0, 0.05) is 5.56 Å². The van der Waals surface area contributed by atoms with E-state index in [1.807, 2.05) is 6.07 Å². The van der Waals surface area contributed by atoms with Crippen LogP contribution >= 0.6 is 0 Å². The number of carboxylic acid groups (broad SMARTS) is 1. The van der Waals surface area contributed by atoms with Gasteiger partial charge in [0.25, 0.3) is 0 Å². The normalized spacial score (nSPS) is 16.5. The van der Waals surface area contributed by atoms with Gasteiger partial charge in [-0.15, -0.1) is 0 Å². The minimum atomic E-state index is -1.40. The minimum Gasteiger partial charge on any atom is -0.496 e. The number of carbonyl (C=O) groups is 2. The Hall–Kier alpha value is -2.08. The van der Waals surface area contributed by atoms with Gasteiger partial charge < -0.3 is 20.3 Å². The second-order valence-corrected chi connectivity index (χ2v) is 5.07. The summed E-state index contributed by atoms with van der Waals surface area (Å²) >= 11 is 0. The van der Waals surface area contributed by atoms with Crippen LogP contribution in [0.1, 0.15) is 35.6 Å². The SMILES string of the molecule is COc1ccc2c(c1C(O)C(NC=O)C(=O)O)CCCC2. The van der Waals surface area contributed by atoms with Gasteiger partial charge >= 0.3 is 5.97 Å². The molecule has 0 saturated heterocycles. The third kappa shape index (κ3) is 3.00. The molecule has 3 N–H and O–H groups in total. The molecule has 1 aliphatic carbocycles. The smallest absolute Gasteiger partial charge is 0.329 e. The summed E-state index contributed by atoms with van der Waals surface area (Å²) < 4.78 is 5.27. The van der Waals surface area contributed by atoms with Crippen molar-refractivity contribution >= 4 is 12.4 Å². The van der Waals surface area contributed by atoms with E-state index in [-0.39, 0.29) is 6.41 Å². The predicted molar refractivity (Wildman–Crippen MR) is 75.2 cm³/mol. The molecule has 0 aliphatic heterocycles. The highest BCUT2D eigenvalue weighted by Gasteiger charge is 2.32. The lowest BCUT2D eigenvalue weighted by molar-refractivity contribution is -0.143. The van der Waals surface area contributed by atoms with Crippen molar-refractivity contribution in [1.29, 1.82) is 0 Å². The first-order valence-electron chi connectivity index (χ1n) is 6.89. The number of aliphatic hydroxyl groups is 1. The highest BCUT2D eigenvalue weighted by atomic mass is 16.5. The van der Waals surface area contributed by atoms with E-state index < -0.39 is 18.1 Å². The number of aliphatic carboxylic acids is 1. The number of aliphatic hydroxyl groups excluding tert-OH is 1. The molecule has 0 spiro atoms. The van der Waals surface area contributed by atoms with Crippen LogP contribution in [0.25, 0.3) is 0 Å². The Morgan fingerprint density at radius 1 is 1.38 bits per heavy atom. The van der Waals surface area contributed by atoms with Crippen molar-refractivity contribution in [3.8, 4) is 5.75 Å². The summed E-state index contributed by atoms with van der Waals surface area (Å²) in [6.45, 7) is 0. The fourth-order valence-corrected chi connectivity index (χ4v) is 2.87. The quantitative estimate of drug-likeness (QED) is 0.674. The number of hydrogen-bond donors (Lipinski definition) is 3. The molecule has 0 radical (unpaired) electrons. The fourth-order valence-electron chi connectivity index (χ4n) is 2.87. The lowest BCUT2D eigenvalue weighted by Crippen LogP contribution is -2.41. The largest absolute Gasteiger partial charge is 0.496 e. The minimum absolute atomic E-state index is 0.282. The molecule has 0 heterocycles. The number of fused-ring (bicyclic) bond motifs is 1. The highest BCUT2D eigenvalue weighted by Crippen LogP contribution is 2.36. The standard InChI is InChI=1S/C15H19NO5/c1-21-11-7-6-9-4-2-3-5-10(9)12(11)14(18)13(15(19)20)16-8-17/h6-8,13-14,18H,2-5H2,1H3,(H,16,17)(H,19,20). The molecule has 2 unspecified atom stereocenters. The van der Waals surface area contributed by atoms with Crippen LogP contribution in [-0.4, -0.2) is 35.7 Å². The van der Waals surface area contributed by atoms with E-state index in [0.717, 1.165) is 36.8 Å². The lowest BCUT2D eigenvalue weighted by atomic mass is 9.84. The Kier molecular flexibility index (Phi) is 4.80. The van der Waals surface area contributed by atoms with Crippen LogP contribution < -0.4 is 10.1 Å². The average Bonchev–Trinajstić information content (AvgIpc) is 2.50. The first-order chi connectivity index (χ1) is 10.1. The second kappa shape index (κ2) is 6.58. The third-order valence-electron chi connectivity index (χ3n) is 3.88. The van der Waals surface area contributed by atoms with Gasteiger partial charge in [0.2, 0.25) is 6.41 Å². The first-order valence-corrected chi connectivity index (χ1v) is 6.89. The van der Waals surface area contributed by atoms with Crippen LogP contribution in [0.2, 0.25) is 0 Å². The van der Waals surface area contributed by atoms with Crippen molar-refractivity contribution in [1.82, 2.24) is 5.32 Å². The van der Waals surface area contributed by atoms with Crippen LogP contribution in [-0.2, 0) is 22.4 Å². The number of carbonyl (C=O) groups excluding carboxylic acids is 1. The van der Waals surface area contributed by atoms with Gasteiger partial charge in [-0.25, -0.2) is 4.79 Å². The van der Waals surface area contributed by atoms with Crippen molar-refractivity contribution < 1.29 is 24.5 Å². The summed E-state index contributed by atoms with van der Waals surface area (Å²) in [5, 5.41) is 21.8. The topological polar surface area (TPSA) is 95.9 Å². The molecule has 0 bridgehead atoms. The summed E-state index contributed by atoms with van der Waals surface area (Å²) in [5.41, 5.74) is 2.51. The number of hydrogen-bond acceptors (Lipinski definition) is 4. The molecule has 21 heavy (non-hydrogen) atoms. The Morgan fingerprint density at radius 2 is 2.10 bits per heavy atom. The van der Waals surface area contributed by atoms with E-state index in [0.29, 0.717) is 11.3 Å². The predicted octanol–water partition coefficient (Wildman–Crippen LogP) is 0.807. The summed E-state index contributed by atoms with van der Waals surface area (Å²) in [6, 6.07) is 2.29. The summed E-state index contributed by atoms with van der Waals surface area (Å²) in [5.74, 6) is -0.841. The molecule has 0 aromatic heterocycles. The van der Waals surface area contributed by atoms with E-state index in [4.69, 9.17) is 4.74 Å². The summed E-state index contributed by atoms with van der Waals surface area (Å²) in [7, 11) is 1.48. The monoisotopic (exact) mass is 293 g/mol. The molecule has 1 aromatic rings. The molecule has 0 saturated carbocycles. The van der Waals surface area contributed by atoms with Gasteiger partial charge in [0.1, 0.15) is 11.9 Å². The molecule has 6 nitrogen and oxygen atoms in total. The van der Waals surface area contributed by atoms with Crippen molar-refractivity contribution in [2.75, 3.05) is 7.11 Å². The first kappa shape index (κ1) is 15.3. The summed E-state index contributed by atoms with van der Waals surface area (Å²) in [4.78, 5) is 21.8. The summed E-state index contributed by atoms with van der Waals surface area (Å²) in [6.07, 6.45) is 2.66. The van der Waals surface area contributed by atoms with E-state index in [9.17, 15) is 19.8 Å². The zero-order valence-electron chi connectivity index (χ0n) is 11.8. The van der Waals surface area contributed by atoms with Gasteiger partial charge in [-0.05, 0) is 42.9 Å². The molecule has 1 aromatic carbocycles. The van der Waals surface area contributed by atoms with Gasteiger partial charge in [-0.2, -0.15) is 0 Å². The van der Waals surface area contributed by atoms with Gasteiger partial charge in [0.05, 0.1) is 7.11 Å². The molecule has 2 atom stereocenters. The van der Waals surface area contributed by atoms with Crippen molar-refractivity contribution in [2.24, 2.45) is 0 Å². The molecule has 1 amide bonds. The maximum atomic E-state index is 11.2. The van der Waals surface area contributed by atoms with E-state index in [1.165, 1.54) is 7.11 Å². The van der Waals surface area contributed by atoms with E-state index in [1.54, 1.807) is 6.07 Å². The lowest BCUT2D eigenvalue weighted by Gasteiger charge is -2.27. The van der Waals surface area contributed by atoms with Crippen molar-refractivity contribution in [2.45, 2.75) is 37.8 Å².